The lowest BCUT2D eigenvalue weighted by molar-refractivity contribution is -0.140. The largest absolute Gasteiger partial charge is 0.479 e. The Labute approximate surface area is 122 Å². The molecule has 1 aromatic rings. The van der Waals surface area contributed by atoms with Crippen LogP contribution in [0, 0.1) is 5.82 Å². The number of nitrogens with one attached hydrogen (secondary N) is 1. The molecule has 1 saturated carbocycles. The zero-order valence-electron chi connectivity index (χ0n) is 12.1. The molecule has 1 aliphatic carbocycles. The third-order valence-electron chi connectivity index (χ3n) is 3.35. The van der Waals surface area contributed by atoms with Crippen molar-refractivity contribution < 1.29 is 23.8 Å². The highest BCUT2D eigenvalue weighted by Crippen LogP contribution is 2.52. The van der Waals surface area contributed by atoms with Gasteiger partial charge in [-0.2, -0.15) is 0 Å². The van der Waals surface area contributed by atoms with E-state index < -0.39 is 34.9 Å². The highest BCUT2D eigenvalue weighted by atomic mass is 19.1. The second kappa shape index (κ2) is 5.02. The van der Waals surface area contributed by atoms with Crippen molar-refractivity contribution in [1.82, 2.24) is 5.32 Å². The Morgan fingerprint density at radius 2 is 2.00 bits per heavy atom. The van der Waals surface area contributed by atoms with E-state index in [9.17, 15) is 19.1 Å². The molecular formula is C15H18FNO4. The van der Waals surface area contributed by atoms with Crippen LogP contribution in [-0.2, 0) is 9.53 Å². The van der Waals surface area contributed by atoms with Crippen molar-refractivity contribution in [3.63, 3.8) is 0 Å². The average molecular weight is 295 g/mol. The molecule has 0 bridgehead atoms. The van der Waals surface area contributed by atoms with Crippen LogP contribution in [0.2, 0.25) is 0 Å². The number of alkyl carbamates (subject to hydrolysis) is 1. The molecule has 1 aliphatic rings. The maximum Gasteiger partial charge on any atom is 0.408 e. The molecule has 0 heterocycles. The van der Waals surface area contributed by atoms with Crippen molar-refractivity contribution in [2.75, 3.05) is 0 Å². The van der Waals surface area contributed by atoms with Crippen LogP contribution < -0.4 is 5.32 Å². The van der Waals surface area contributed by atoms with Gasteiger partial charge in [0.05, 0.1) is 0 Å². The topological polar surface area (TPSA) is 75.6 Å². The molecule has 1 aromatic carbocycles. The fourth-order valence-electron chi connectivity index (χ4n) is 2.31. The normalized spacial score (nSPS) is 24.3. The number of benzene rings is 1. The smallest absolute Gasteiger partial charge is 0.408 e. The molecule has 114 valence electrons. The maximum atomic E-state index is 13.8. The van der Waals surface area contributed by atoms with E-state index in [0.717, 1.165) is 0 Å². The van der Waals surface area contributed by atoms with Crippen molar-refractivity contribution in [3.05, 3.63) is 35.6 Å². The van der Waals surface area contributed by atoms with Crippen LogP contribution in [0.25, 0.3) is 0 Å². The molecule has 0 aromatic heterocycles. The molecule has 2 N–H and O–H groups in total. The van der Waals surface area contributed by atoms with Gasteiger partial charge in [0.25, 0.3) is 0 Å². The van der Waals surface area contributed by atoms with E-state index in [1.165, 1.54) is 18.2 Å². The molecule has 0 spiro atoms. The minimum atomic E-state index is -1.50. The van der Waals surface area contributed by atoms with Gasteiger partial charge in [-0.05, 0) is 38.8 Å². The molecule has 6 heteroatoms. The molecule has 0 saturated heterocycles. The van der Waals surface area contributed by atoms with Crippen LogP contribution in [0.5, 0.6) is 0 Å². The first-order valence-electron chi connectivity index (χ1n) is 6.65. The molecule has 2 rings (SSSR count). The van der Waals surface area contributed by atoms with Crippen molar-refractivity contribution in [1.29, 1.82) is 0 Å². The predicted octanol–water partition coefficient (Wildman–Crippen LogP) is 2.66. The zero-order chi connectivity index (χ0) is 15.8. The van der Waals surface area contributed by atoms with Gasteiger partial charge in [-0.1, -0.05) is 18.2 Å². The van der Waals surface area contributed by atoms with Crippen LogP contribution in [0.4, 0.5) is 9.18 Å². The van der Waals surface area contributed by atoms with Gasteiger partial charge in [-0.25, -0.2) is 14.0 Å². The summed E-state index contributed by atoms with van der Waals surface area (Å²) in [5, 5.41) is 11.8. The van der Waals surface area contributed by atoms with Gasteiger partial charge in [-0.3, -0.25) is 0 Å². The van der Waals surface area contributed by atoms with E-state index in [2.05, 4.69) is 5.32 Å². The minimum absolute atomic E-state index is 0.141. The molecular weight excluding hydrogens is 277 g/mol. The first-order chi connectivity index (χ1) is 9.66. The van der Waals surface area contributed by atoms with E-state index >= 15 is 0 Å². The third-order valence-corrected chi connectivity index (χ3v) is 3.35. The van der Waals surface area contributed by atoms with Gasteiger partial charge in [-0.15, -0.1) is 0 Å². The monoisotopic (exact) mass is 295 g/mol. The second-order valence-corrected chi connectivity index (χ2v) is 6.18. The predicted molar refractivity (Wildman–Crippen MR) is 73.5 cm³/mol. The Morgan fingerprint density at radius 1 is 1.38 bits per heavy atom. The number of hydrogen-bond donors (Lipinski definition) is 2. The van der Waals surface area contributed by atoms with Crippen LogP contribution in [-0.4, -0.2) is 28.3 Å². The van der Waals surface area contributed by atoms with Crippen molar-refractivity contribution >= 4 is 12.1 Å². The molecule has 0 aliphatic heterocycles. The van der Waals surface area contributed by atoms with Gasteiger partial charge >= 0.3 is 12.1 Å². The Kier molecular flexibility index (Phi) is 3.65. The molecule has 2 unspecified atom stereocenters. The van der Waals surface area contributed by atoms with Gasteiger partial charge in [0.2, 0.25) is 0 Å². The van der Waals surface area contributed by atoms with Gasteiger partial charge < -0.3 is 15.2 Å². The number of amides is 1. The van der Waals surface area contributed by atoms with Crippen LogP contribution in [0.15, 0.2) is 24.3 Å². The summed E-state index contributed by atoms with van der Waals surface area (Å²) >= 11 is 0. The van der Waals surface area contributed by atoms with Gasteiger partial charge in [0.1, 0.15) is 17.0 Å². The Hall–Kier alpha value is -2.11. The van der Waals surface area contributed by atoms with Crippen molar-refractivity contribution in [2.24, 2.45) is 0 Å². The first-order valence-corrected chi connectivity index (χ1v) is 6.65. The lowest BCUT2D eigenvalue weighted by Gasteiger charge is -2.22. The summed E-state index contributed by atoms with van der Waals surface area (Å²) in [6, 6.07) is 5.97. The molecule has 21 heavy (non-hydrogen) atoms. The average Bonchev–Trinajstić information content (AvgIpc) is 3.02. The number of rotatable bonds is 3. The number of carbonyl (C=O) groups excluding carboxylic acids is 1. The summed E-state index contributed by atoms with van der Waals surface area (Å²) in [5.41, 5.74) is -1.94. The van der Waals surface area contributed by atoms with Crippen LogP contribution in [0.3, 0.4) is 0 Å². The Morgan fingerprint density at radius 3 is 2.52 bits per heavy atom. The molecule has 0 radical (unpaired) electrons. The highest BCUT2D eigenvalue weighted by molar-refractivity contribution is 5.90. The van der Waals surface area contributed by atoms with E-state index in [1.807, 2.05) is 0 Å². The van der Waals surface area contributed by atoms with E-state index in [-0.39, 0.29) is 12.0 Å². The molecule has 1 amide bonds. The van der Waals surface area contributed by atoms with Gasteiger partial charge in [0.15, 0.2) is 0 Å². The van der Waals surface area contributed by atoms with E-state index in [4.69, 9.17) is 4.74 Å². The number of ether oxygens (including phenoxy) is 1. The molecule has 1 fully saturated rings. The number of aliphatic carboxylic acids is 1. The lowest BCUT2D eigenvalue weighted by Crippen LogP contribution is -2.46. The maximum absolute atomic E-state index is 13.8. The quantitative estimate of drug-likeness (QED) is 0.899. The first kappa shape index (κ1) is 15.3. The van der Waals surface area contributed by atoms with Crippen molar-refractivity contribution in [3.8, 4) is 0 Å². The molecule has 2 atom stereocenters. The second-order valence-electron chi connectivity index (χ2n) is 6.18. The van der Waals surface area contributed by atoms with E-state index in [0.29, 0.717) is 0 Å². The lowest BCUT2D eigenvalue weighted by atomic mass is 10.1. The summed E-state index contributed by atoms with van der Waals surface area (Å²) in [5.74, 6) is -2.26. The Balaban J connectivity index is 2.17. The fourth-order valence-corrected chi connectivity index (χ4v) is 2.31. The van der Waals surface area contributed by atoms with E-state index in [1.54, 1.807) is 26.8 Å². The minimum Gasteiger partial charge on any atom is -0.479 e. The van der Waals surface area contributed by atoms with Crippen LogP contribution in [0.1, 0.15) is 38.7 Å². The summed E-state index contributed by atoms with van der Waals surface area (Å²) in [4.78, 5) is 23.3. The zero-order valence-corrected chi connectivity index (χ0v) is 12.1. The number of carboxylic acids is 1. The Bertz CT molecular complexity index is 581. The fraction of sp³-hybridized carbons (Fsp3) is 0.467. The SMILES string of the molecule is CC(C)(C)OC(=O)NC1(C(=O)O)CC1c1ccccc1F. The number of carbonyl (C=O) groups is 2. The number of halogens is 1. The summed E-state index contributed by atoms with van der Waals surface area (Å²) in [7, 11) is 0. The summed E-state index contributed by atoms with van der Waals surface area (Å²) in [6.07, 6.45) is -0.675. The summed E-state index contributed by atoms with van der Waals surface area (Å²) < 4.78 is 18.8. The molecule has 5 nitrogen and oxygen atoms in total. The third kappa shape index (κ3) is 3.15. The standard InChI is InChI=1S/C15H18FNO4/c1-14(2,3)21-13(20)17-15(12(18)19)8-10(15)9-6-4-5-7-11(9)16/h4-7,10H,8H2,1-3H3,(H,17,20)(H,18,19). The number of hydrogen-bond acceptors (Lipinski definition) is 3. The highest BCUT2D eigenvalue weighted by Gasteiger charge is 2.63. The number of carboxylic acid groups (broad SMARTS) is 1. The summed E-state index contributed by atoms with van der Waals surface area (Å²) in [6.45, 7) is 5.05. The van der Waals surface area contributed by atoms with Crippen molar-refractivity contribution in [2.45, 2.75) is 44.2 Å². The van der Waals surface area contributed by atoms with Crippen LogP contribution >= 0.6 is 0 Å². The van der Waals surface area contributed by atoms with Gasteiger partial charge in [0, 0.05) is 5.92 Å².